The SMILES string of the molecule is CCCNCc1cc(Cl)ccc1-c1ccccc1OC. The van der Waals surface area contributed by atoms with E-state index in [9.17, 15) is 0 Å². The van der Waals surface area contributed by atoms with Gasteiger partial charge in [0.15, 0.2) is 0 Å². The first-order chi connectivity index (χ1) is 9.76. The second-order valence-corrected chi connectivity index (χ2v) is 5.11. The molecule has 0 heterocycles. The molecular formula is C17H20ClNO. The minimum Gasteiger partial charge on any atom is -0.496 e. The van der Waals surface area contributed by atoms with Crippen LogP contribution in [-0.2, 0) is 6.54 Å². The van der Waals surface area contributed by atoms with Gasteiger partial charge in [-0.1, -0.05) is 42.8 Å². The number of hydrogen-bond donors (Lipinski definition) is 1. The number of halogens is 1. The second kappa shape index (κ2) is 7.32. The zero-order valence-corrected chi connectivity index (χ0v) is 12.7. The zero-order valence-electron chi connectivity index (χ0n) is 11.9. The first-order valence-corrected chi connectivity index (χ1v) is 7.26. The average molecular weight is 290 g/mol. The van der Waals surface area contributed by atoms with Crippen molar-refractivity contribution < 1.29 is 4.74 Å². The van der Waals surface area contributed by atoms with Crippen LogP contribution in [0.1, 0.15) is 18.9 Å². The Hall–Kier alpha value is -1.51. The van der Waals surface area contributed by atoms with Crippen LogP contribution in [0.4, 0.5) is 0 Å². The molecule has 0 aliphatic carbocycles. The first kappa shape index (κ1) is 14.9. The molecule has 2 rings (SSSR count). The lowest BCUT2D eigenvalue weighted by molar-refractivity contribution is 0.416. The van der Waals surface area contributed by atoms with Crippen LogP contribution in [0.15, 0.2) is 42.5 Å². The summed E-state index contributed by atoms with van der Waals surface area (Å²) in [5, 5.41) is 4.19. The van der Waals surface area contributed by atoms with E-state index < -0.39 is 0 Å². The first-order valence-electron chi connectivity index (χ1n) is 6.88. The molecule has 3 heteroatoms. The summed E-state index contributed by atoms with van der Waals surface area (Å²) in [5.74, 6) is 0.881. The fraction of sp³-hybridized carbons (Fsp3) is 0.294. The highest BCUT2D eigenvalue weighted by Crippen LogP contribution is 2.33. The smallest absolute Gasteiger partial charge is 0.126 e. The fourth-order valence-corrected chi connectivity index (χ4v) is 2.43. The lowest BCUT2D eigenvalue weighted by Crippen LogP contribution is -2.14. The quantitative estimate of drug-likeness (QED) is 0.790. The summed E-state index contributed by atoms with van der Waals surface area (Å²) in [4.78, 5) is 0. The molecular weight excluding hydrogens is 270 g/mol. The topological polar surface area (TPSA) is 21.3 Å². The molecule has 1 N–H and O–H groups in total. The third kappa shape index (κ3) is 3.53. The van der Waals surface area contributed by atoms with Crippen molar-refractivity contribution >= 4 is 11.6 Å². The summed E-state index contributed by atoms with van der Waals surface area (Å²) in [6, 6.07) is 14.1. The van der Waals surface area contributed by atoms with E-state index in [4.69, 9.17) is 16.3 Å². The predicted octanol–water partition coefficient (Wildman–Crippen LogP) is 4.52. The Morgan fingerprint density at radius 1 is 1.10 bits per heavy atom. The molecule has 0 aliphatic rings. The largest absolute Gasteiger partial charge is 0.496 e. The molecule has 0 bridgehead atoms. The molecule has 0 radical (unpaired) electrons. The molecule has 2 aromatic carbocycles. The molecule has 0 saturated carbocycles. The van der Waals surface area contributed by atoms with Gasteiger partial charge in [0, 0.05) is 17.1 Å². The number of rotatable bonds is 6. The van der Waals surface area contributed by atoms with E-state index in [1.807, 2.05) is 30.3 Å². The highest BCUT2D eigenvalue weighted by atomic mass is 35.5. The molecule has 0 aromatic heterocycles. The Kier molecular flexibility index (Phi) is 5.45. The van der Waals surface area contributed by atoms with Crippen molar-refractivity contribution in [3.63, 3.8) is 0 Å². The number of para-hydroxylation sites is 1. The van der Waals surface area contributed by atoms with Gasteiger partial charge in [-0.3, -0.25) is 0 Å². The van der Waals surface area contributed by atoms with Crippen LogP contribution in [0.2, 0.25) is 5.02 Å². The predicted molar refractivity (Wildman–Crippen MR) is 85.4 cm³/mol. The minimum atomic E-state index is 0.761. The Morgan fingerprint density at radius 3 is 2.65 bits per heavy atom. The fourth-order valence-electron chi connectivity index (χ4n) is 2.24. The Labute approximate surface area is 125 Å². The van der Waals surface area contributed by atoms with Crippen molar-refractivity contribution in [3.8, 4) is 16.9 Å². The molecule has 2 nitrogen and oxygen atoms in total. The molecule has 0 unspecified atom stereocenters. The van der Waals surface area contributed by atoms with E-state index in [0.717, 1.165) is 41.4 Å². The van der Waals surface area contributed by atoms with Crippen molar-refractivity contribution in [2.45, 2.75) is 19.9 Å². The van der Waals surface area contributed by atoms with Gasteiger partial charge in [0.05, 0.1) is 7.11 Å². The van der Waals surface area contributed by atoms with E-state index in [2.05, 4.69) is 24.4 Å². The van der Waals surface area contributed by atoms with Crippen molar-refractivity contribution in [3.05, 3.63) is 53.1 Å². The van der Waals surface area contributed by atoms with Crippen molar-refractivity contribution in [2.75, 3.05) is 13.7 Å². The maximum atomic E-state index is 6.13. The van der Waals surface area contributed by atoms with Crippen LogP contribution in [0.5, 0.6) is 5.75 Å². The number of nitrogens with one attached hydrogen (secondary N) is 1. The van der Waals surface area contributed by atoms with Gasteiger partial charge in [-0.15, -0.1) is 0 Å². The van der Waals surface area contributed by atoms with Crippen LogP contribution < -0.4 is 10.1 Å². The van der Waals surface area contributed by atoms with Crippen LogP contribution in [0.25, 0.3) is 11.1 Å². The van der Waals surface area contributed by atoms with Crippen molar-refractivity contribution in [1.82, 2.24) is 5.32 Å². The minimum absolute atomic E-state index is 0.761. The maximum Gasteiger partial charge on any atom is 0.126 e. The number of methoxy groups -OCH3 is 1. The van der Waals surface area contributed by atoms with Gasteiger partial charge in [0.1, 0.15) is 5.75 Å². The van der Waals surface area contributed by atoms with E-state index in [-0.39, 0.29) is 0 Å². The molecule has 0 aliphatic heterocycles. The third-order valence-corrected chi connectivity index (χ3v) is 3.44. The molecule has 0 saturated heterocycles. The Morgan fingerprint density at radius 2 is 1.90 bits per heavy atom. The third-order valence-electron chi connectivity index (χ3n) is 3.21. The highest BCUT2D eigenvalue weighted by molar-refractivity contribution is 6.30. The molecule has 0 amide bonds. The van der Waals surface area contributed by atoms with Crippen LogP contribution in [0, 0.1) is 0 Å². The monoisotopic (exact) mass is 289 g/mol. The summed E-state index contributed by atoms with van der Waals surface area (Å²) in [7, 11) is 1.70. The Bertz CT molecular complexity index is 569. The van der Waals surface area contributed by atoms with Gasteiger partial charge in [-0.05, 0) is 42.3 Å². The second-order valence-electron chi connectivity index (χ2n) is 4.68. The lowest BCUT2D eigenvalue weighted by atomic mass is 9.98. The number of ether oxygens (including phenoxy) is 1. The molecule has 2 aromatic rings. The van der Waals surface area contributed by atoms with Gasteiger partial charge in [0.25, 0.3) is 0 Å². The maximum absolute atomic E-state index is 6.13. The van der Waals surface area contributed by atoms with Gasteiger partial charge in [-0.25, -0.2) is 0 Å². The Balaban J connectivity index is 2.39. The summed E-state index contributed by atoms with van der Waals surface area (Å²) in [6.07, 6.45) is 1.12. The molecule has 106 valence electrons. The van der Waals surface area contributed by atoms with Gasteiger partial charge >= 0.3 is 0 Å². The molecule has 20 heavy (non-hydrogen) atoms. The van der Waals surface area contributed by atoms with Gasteiger partial charge in [0.2, 0.25) is 0 Å². The van der Waals surface area contributed by atoms with Gasteiger partial charge < -0.3 is 10.1 Å². The molecule has 0 atom stereocenters. The average Bonchev–Trinajstić information content (AvgIpc) is 2.48. The summed E-state index contributed by atoms with van der Waals surface area (Å²) in [5.41, 5.74) is 3.45. The van der Waals surface area contributed by atoms with E-state index in [0.29, 0.717) is 0 Å². The van der Waals surface area contributed by atoms with E-state index in [1.54, 1.807) is 7.11 Å². The van der Waals surface area contributed by atoms with Gasteiger partial charge in [-0.2, -0.15) is 0 Å². The van der Waals surface area contributed by atoms with E-state index >= 15 is 0 Å². The lowest BCUT2D eigenvalue weighted by Gasteiger charge is -2.14. The van der Waals surface area contributed by atoms with Crippen molar-refractivity contribution in [2.24, 2.45) is 0 Å². The molecule has 0 fully saturated rings. The normalized spacial score (nSPS) is 10.6. The standard InChI is InChI=1S/C17H20ClNO/c1-3-10-19-12-13-11-14(18)8-9-15(13)16-6-4-5-7-17(16)20-2/h4-9,11,19H,3,10,12H2,1-2H3. The number of hydrogen-bond acceptors (Lipinski definition) is 2. The van der Waals surface area contributed by atoms with Crippen molar-refractivity contribution in [1.29, 1.82) is 0 Å². The van der Waals surface area contributed by atoms with Crippen LogP contribution >= 0.6 is 11.6 Å². The molecule has 0 spiro atoms. The summed E-state index contributed by atoms with van der Waals surface area (Å²) in [6.45, 7) is 3.96. The summed E-state index contributed by atoms with van der Waals surface area (Å²) >= 11 is 6.13. The van der Waals surface area contributed by atoms with E-state index in [1.165, 1.54) is 5.56 Å². The summed E-state index contributed by atoms with van der Waals surface area (Å²) < 4.78 is 5.46. The van der Waals surface area contributed by atoms with Crippen LogP contribution in [-0.4, -0.2) is 13.7 Å². The zero-order chi connectivity index (χ0) is 14.4. The highest BCUT2D eigenvalue weighted by Gasteiger charge is 2.10. The van der Waals surface area contributed by atoms with Crippen LogP contribution in [0.3, 0.4) is 0 Å². The number of benzene rings is 2.